The minimum Gasteiger partial charge on any atom is -0.497 e. The number of benzene rings is 2. The fourth-order valence-electron chi connectivity index (χ4n) is 2.99. The van der Waals surface area contributed by atoms with Crippen LogP contribution in [0, 0.1) is 6.92 Å². The fourth-order valence-corrected chi connectivity index (χ4v) is 3.73. The Balaban J connectivity index is 1.58. The largest absolute Gasteiger partial charge is 0.497 e. The summed E-state index contributed by atoms with van der Waals surface area (Å²) in [4.78, 5) is 12.5. The van der Waals surface area contributed by atoms with Gasteiger partial charge >= 0.3 is 0 Å². The summed E-state index contributed by atoms with van der Waals surface area (Å²) in [5.41, 5.74) is 2.70. The summed E-state index contributed by atoms with van der Waals surface area (Å²) in [6.07, 6.45) is 3.81. The van der Waals surface area contributed by atoms with Gasteiger partial charge in [-0.05, 0) is 42.8 Å². The molecular weight excluding hydrogens is 398 g/mol. The van der Waals surface area contributed by atoms with E-state index in [1.54, 1.807) is 7.11 Å². The topological polar surface area (TPSA) is 74.0 Å². The first-order valence-electron chi connectivity index (χ1n) is 9.37. The number of carbonyl (C=O) groups is 1. The van der Waals surface area contributed by atoms with Crippen LogP contribution in [0.5, 0.6) is 5.75 Å². The monoisotopic (exact) mass is 419 g/mol. The van der Waals surface area contributed by atoms with E-state index in [9.17, 15) is 4.79 Å². The molecule has 0 atom stereocenters. The molecule has 0 saturated heterocycles. The van der Waals surface area contributed by atoms with Crippen molar-refractivity contribution in [2.24, 2.45) is 0 Å². The van der Waals surface area contributed by atoms with Crippen LogP contribution in [0.15, 0.2) is 78.2 Å². The van der Waals surface area contributed by atoms with Crippen LogP contribution in [0.1, 0.15) is 5.56 Å². The summed E-state index contributed by atoms with van der Waals surface area (Å²) in [6, 6.07) is 19.2. The lowest BCUT2D eigenvalue weighted by Crippen LogP contribution is -2.16. The summed E-state index contributed by atoms with van der Waals surface area (Å²) in [5, 5.41) is 12.3. The Morgan fingerprint density at radius 3 is 2.63 bits per heavy atom. The highest BCUT2D eigenvalue weighted by Crippen LogP contribution is 2.27. The molecule has 0 saturated carbocycles. The number of nitrogens with one attached hydrogen (secondary N) is 1. The maximum Gasteiger partial charge on any atom is 0.234 e. The number of thioether (sulfide) groups is 1. The van der Waals surface area contributed by atoms with Gasteiger partial charge in [-0.15, -0.1) is 10.2 Å². The first-order chi connectivity index (χ1) is 14.7. The lowest BCUT2D eigenvalue weighted by molar-refractivity contribution is -0.113. The molecular formula is C22H21N5O2S. The zero-order valence-electron chi connectivity index (χ0n) is 16.6. The Labute approximate surface area is 178 Å². The lowest BCUT2D eigenvalue weighted by atomic mass is 10.2. The molecule has 7 nitrogen and oxygen atoms in total. The molecule has 1 N–H and O–H groups in total. The number of aromatic nitrogens is 4. The Bertz CT molecular complexity index is 1150. The molecule has 152 valence electrons. The highest BCUT2D eigenvalue weighted by molar-refractivity contribution is 7.99. The SMILES string of the molecule is COc1cccc(-c2nnc(SCC(=O)Nc3ccccc3C)n2-n2cccc2)c1. The van der Waals surface area contributed by atoms with E-state index in [4.69, 9.17) is 4.74 Å². The van der Waals surface area contributed by atoms with E-state index in [1.807, 2.05) is 89.3 Å². The van der Waals surface area contributed by atoms with Gasteiger partial charge in [0.1, 0.15) is 5.75 Å². The van der Waals surface area contributed by atoms with Crippen molar-refractivity contribution in [3.05, 3.63) is 78.6 Å². The highest BCUT2D eigenvalue weighted by Gasteiger charge is 2.17. The second kappa shape index (κ2) is 8.87. The Hall–Kier alpha value is -3.52. The van der Waals surface area contributed by atoms with Gasteiger partial charge in [-0.1, -0.05) is 42.1 Å². The maximum atomic E-state index is 12.5. The third kappa shape index (κ3) is 4.23. The molecule has 2 aromatic carbocycles. The summed E-state index contributed by atoms with van der Waals surface area (Å²) in [5.74, 6) is 1.51. The van der Waals surface area contributed by atoms with Gasteiger partial charge in [-0.3, -0.25) is 9.47 Å². The average molecular weight is 420 g/mol. The number of aryl methyl sites for hydroxylation is 1. The summed E-state index contributed by atoms with van der Waals surface area (Å²) >= 11 is 1.33. The molecule has 1 amide bonds. The van der Waals surface area contributed by atoms with E-state index in [0.717, 1.165) is 22.6 Å². The van der Waals surface area contributed by atoms with Gasteiger partial charge in [0.25, 0.3) is 0 Å². The van der Waals surface area contributed by atoms with Crippen molar-refractivity contribution in [3.63, 3.8) is 0 Å². The highest BCUT2D eigenvalue weighted by atomic mass is 32.2. The van der Waals surface area contributed by atoms with Gasteiger partial charge in [0.2, 0.25) is 11.1 Å². The number of nitrogens with zero attached hydrogens (tertiary/aromatic N) is 4. The zero-order chi connectivity index (χ0) is 20.9. The van der Waals surface area contributed by atoms with Crippen molar-refractivity contribution in [1.82, 2.24) is 19.5 Å². The minimum atomic E-state index is -0.0979. The van der Waals surface area contributed by atoms with Crippen LogP contribution in [0.25, 0.3) is 11.4 Å². The van der Waals surface area contributed by atoms with Crippen LogP contribution in [0.2, 0.25) is 0 Å². The van der Waals surface area contributed by atoms with E-state index >= 15 is 0 Å². The predicted molar refractivity (Wildman–Crippen MR) is 118 cm³/mol. The lowest BCUT2D eigenvalue weighted by Gasteiger charge is -2.12. The van der Waals surface area contributed by atoms with Crippen molar-refractivity contribution < 1.29 is 9.53 Å². The van der Waals surface area contributed by atoms with Crippen LogP contribution in [0.3, 0.4) is 0 Å². The Morgan fingerprint density at radius 1 is 1.07 bits per heavy atom. The van der Waals surface area contributed by atoms with Crippen molar-refractivity contribution in [3.8, 4) is 17.1 Å². The van der Waals surface area contributed by atoms with E-state index < -0.39 is 0 Å². The first kappa shape index (κ1) is 19.8. The molecule has 0 aliphatic heterocycles. The molecule has 0 bridgehead atoms. The van der Waals surface area contributed by atoms with Crippen molar-refractivity contribution in [2.75, 3.05) is 18.2 Å². The standard InChI is InChI=1S/C22H21N5O2S/c1-16-8-3-4-11-19(16)23-20(28)15-30-22-25-24-21(27(22)26-12-5-6-13-26)17-9-7-10-18(14-17)29-2/h3-14H,15H2,1-2H3,(H,23,28). The minimum absolute atomic E-state index is 0.0979. The normalized spacial score (nSPS) is 10.7. The number of ether oxygens (including phenoxy) is 1. The molecule has 8 heteroatoms. The van der Waals surface area contributed by atoms with E-state index in [-0.39, 0.29) is 11.7 Å². The summed E-state index contributed by atoms with van der Waals surface area (Å²) in [6.45, 7) is 1.96. The van der Waals surface area contributed by atoms with Gasteiger partial charge in [-0.25, -0.2) is 4.68 Å². The third-order valence-corrected chi connectivity index (χ3v) is 5.43. The van der Waals surface area contributed by atoms with Crippen LogP contribution < -0.4 is 10.1 Å². The molecule has 0 fully saturated rings. The molecule has 0 spiro atoms. The van der Waals surface area contributed by atoms with Crippen molar-refractivity contribution >= 4 is 23.4 Å². The molecule has 0 aliphatic carbocycles. The number of amides is 1. The molecule has 2 heterocycles. The van der Waals surface area contributed by atoms with Gasteiger partial charge in [0, 0.05) is 23.6 Å². The van der Waals surface area contributed by atoms with E-state index in [1.165, 1.54) is 11.8 Å². The summed E-state index contributed by atoms with van der Waals surface area (Å²) in [7, 11) is 1.63. The average Bonchev–Trinajstić information content (AvgIpc) is 3.43. The van der Waals surface area contributed by atoms with Gasteiger partial charge in [0.15, 0.2) is 5.82 Å². The Kier molecular flexibility index (Phi) is 5.85. The van der Waals surface area contributed by atoms with Gasteiger partial charge in [-0.2, -0.15) is 0 Å². The first-order valence-corrected chi connectivity index (χ1v) is 10.4. The molecule has 0 aliphatic rings. The second-order valence-corrected chi connectivity index (χ2v) is 7.51. The number of methoxy groups -OCH3 is 1. The van der Waals surface area contributed by atoms with Crippen LogP contribution >= 0.6 is 11.8 Å². The fraction of sp³-hybridized carbons (Fsp3) is 0.136. The van der Waals surface area contributed by atoms with Gasteiger partial charge < -0.3 is 10.1 Å². The molecule has 2 aromatic heterocycles. The number of para-hydroxylation sites is 1. The summed E-state index contributed by atoms with van der Waals surface area (Å²) < 4.78 is 9.10. The van der Waals surface area contributed by atoms with Crippen LogP contribution in [-0.4, -0.2) is 38.3 Å². The maximum absolute atomic E-state index is 12.5. The zero-order valence-corrected chi connectivity index (χ0v) is 17.5. The van der Waals surface area contributed by atoms with E-state index in [2.05, 4.69) is 15.5 Å². The molecule has 4 rings (SSSR count). The smallest absolute Gasteiger partial charge is 0.234 e. The third-order valence-electron chi connectivity index (χ3n) is 4.51. The van der Waals surface area contributed by atoms with Crippen molar-refractivity contribution in [2.45, 2.75) is 12.1 Å². The quantitative estimate of drug-likeness (QED) is 0.457. The second-order valence-electron chi connectivity index (χ2n) is 6.56. The molecule has 0 unspecified atom stereocenters. The number of carbonyl (C=O) groups excluding carboxylic acids is 1. The number of hydrogen-bond donors (Lipinski definition) is 1. The molecule has 30 heavy (non-hydrogen) atoms. The number of rotatable bonds is 7. The molecule has 4 aromatic rings. The molecule has 0 radical (unpaired) electrons. The predicted octanol–water partition coefficient (Wildman–Crippen LogP) is 4.11. The Morgan fingerprint density at radius 2 is 1.87 bits per heavy atom. The number of hydrogen-bond acceptors (Lipinski definition) is 5. The van der Waals surface area contributed by atoms with Crippen LogP contribution in [-0.2, 0) is 4.79 Å². The van der Waals surface area contributed by atoms with Gasteiger partial charge in [0.05, 0.1) is 12.9 Å². The van der Waals surface area contributed by atoms with Crippen LogP contribution in [0.4, 0.5) is 5.69 Å². The number of anilines is 1. The van der Waals surface area contributed by atoms with E-state index in [0.29, 0.717) is 11.0 Å². The van der Waals surface area contributed by atoms with Crippen molar-refractivity contribution in [1.29, 1.82) is 0 Å².